The van der Waals surface area contributed by atoms with E-state index in [0.29, 0.717) is 17.7 Å². The summed E-state index contributed by atoms with van der Waals surface area (Å²) in [4.78, 5) is 14.6. The summed E-state index contributed by atoms with van der Waals surface area (Å²) >= 11 is 0. The number of carbonyl (C=O) groups is 1. The van der Waals surface area contributed by atoms with E-state index in [1.807, 2.05) is 0 Å². The molecule has 0 radical (unpaired) electrons. The maximum Gasteiger partial charge on any atom is 0.410 e. The van der Waals surface area contributed by atoms with Crippen LogP contribution in [-0.4, -0.2) is 49.9 Å². The molecule has 1 spiro atoms. The number of carbonyl (C=O) groups excluding carboxylic acids is 1. The predicted octanol–water partition coefficient (Wildman–Crippen LogP) is 4.49. The first-order chi connectivity index (χ1) is 15.8. The Bertz CT molecular complexity index is 1210. The highest BCUT2D eigenvalue weighted by atomic mass is 32.2. The highest BCUT2D eigenvalue weighted by molar-refractivity contribution is 7.88. The molecule has 6 nitrogen and oxygen atoms in total. The lowest BCUT2D eigenvalue weighted by Crippen LogP contribution is -2.50. The molecule has 1 heterocycles. The number of halogens is 2. The van der Waals surface area contributed by atoms with E-state index in [-0.39, 0.29) is 17.4 Å². The molecule has 34 heavy (non-hydrogen) atoms. The van der Waals surface area contributed by atoms with Crippen molar-refractivity contribution in [3.63, 3.8) is 0 Å². The summed E-state index contributed by atoms with van der Waals surface area (Å²) in [6, 6.07) is 9.36. The fourth-order valence-corrected chi connectivity index (χ4v) is 5.67. The second-order valence-corrected chi connectivity index (χ2v) is 12.2. The zero-order valence-corrected chi connectivity index (χ0v) is 20.6. The smallest absolute Gasteiger partial charge is 0.410 e. The van der Waals surface area contributed by atoms with Crippen LogP contribution in [0.4, 0.5) is 13.6 Å². The molecule has 1 saturated carbocycles. The Morgan fingerprint density at radius 2 is 1.85 bits per heavy atom. The van der Waals surface area contributed by atoms with E-state index < -0.39 is 45.4 Å². The Hall–Kier alpha value is -2.52. The molecule has 2 aliphatic rings. The van der Waals surface area contributed by atoms with Crippen LogP contribution >= 0.6 is 0 Å². The van der Waals surface area contributed by atoms with Crippen molar-refractivity contribution < 1.29 is 26.7 Å². The van der Waals surface area contributed by atoms with E-state index in [9.17, 15) is 17.6 Å². The van der Waals surface area contributed by atoms with Crippen molar-refractivity contribution in [1.82, 2.24) is 9.62 Å². The number of likely N-dealkylation sites (tertiary alicyclic amines) is 1. The van der Waals surface area contributed by atoms with E-state index >= 15 is 4.39 Å². The van der Waals surface area contributed by atoms with Crippen LogP contribution < -0.4 is 4.72 Å². The van der Waals surface area contributed by atoms with Gasteiger partial charge in [-0.2, -0.15) is 0 Å². The Balaban J connectivity index is 1.71. The molecule has 0 bridgehead atoms. The average Bonchev–Trinajstić information content (AvgIpc) is 3.43. The Labute approximate surface area is 199 Å². The summed E-state index contributed by atoms with van der Waals surface area (Å²) in [6.45, 7) is 5.62. The standard InChI is InChI=1S/C25H30F2N2O4S/c1-24(2,3)33-23(30)29-15-25(11-12-25)22(28-34(4,31)32)20(29)14-17-8-6-10-19(21(17)27)16-7-5-9-18(26)13-16/h5-10,13,20,22,28H,11-12,14-15H2,1-4H3. The lowest BCUT2D eigenvalue weighted by Gasteiger charge is -2.31. The van der Waals surface area contributed by atoms with E-state index in [1.165, 1.54) is 23.1 Å². The van der Waals surface area contributed by atoms with Crippen molar-refractivity contribution in [2.24, 2.45) is 5.41 Å². The molecule has 184 valence electrons. The lowest BCUT2D eigenvalue weighted by molar-refractivity contribution is 0.0213. The molecule has 2 fully saturated rings. The Morgan fingerprint density at radius 3 is 2.44 bits per heavy atom. The van der Waals surface area contributed by atoms with Crippen molar-refractivity contribution >= 4 is 16.1 Å². The molecule has 1 amide bonds. The number of nitrogens with one attached hydrogen (secondary N) is 1. The van der Waals surface area contributed by atoms with Gasteiger partial charge >= 0.3 is 6.09 Å². The third kappa shape index (κ3) is 5.25. The van der Waals surface area contributed by atoms with Gasteiger partial charge in [0.2, 0.25) is 10.0 Å². The predicted molar refractivity (Wildman–Crippen MR) is 126 cm³/mol. The monoisotopic (exact) mass is 492 g/mol. The minimum atomic E-state index is -3.58. The topological polar surface area (TPSA) is 75.7 Å². The molecule has 1 saturated heterocycles. The van der Waals surface area contributed by atoms with Crippen LogP contribution in [0.25, 0.3) is 11.1 Å². The fourth-order valence-electron chi connectivity index (χ4n) is 4.80. The summed E-state index contributed by atoms with van der Waals surface area (Å²) in [5, 5.41) is 0. The van der Waals surface area contributed by atoms with Gasteiger partial charge in [0.15, 0.2) is 0 Å². The number of rotatable bonds is 5. The minimum Gasteiger partial charge on any atom is -0.444 e. The maximum absolute atomic E-state index is 15.6. The molecule has 9 heteroatoms. The van der Waals surface area contributed by atoms with Gasteiger partial charge in [0.1, 0.15) is 17.2 Å². The molecule has 0 aromatic heterocycles. The van der Waals surface area contributed by atoms with Gasteiger partial charge in [-0.3, -0.25) is 0 Å². The quantitative estimate of drug-likeness (QED) is 0.667. The average molecular weight is 493 g/mol. The minimum absolute atomic E-state index is 0.0865. The molecular weight excluding hydrogens is 462 g/mol. The van der Waals surface area contributed by atoms with Crippen molar-refractivity contribution in [2.75, 3.05) is 12.8 Å². The van der Waals surface area contributed by atoms with Gasteiger partial charge < -0.3 is 9.64 Å². The lowest BCUT2D eigenvalue weighted by atomic mass is 9.91. The second kappa shape index (κ2) is 8.61. The third-order valence-electron chi connectivity index (χ3n) is 6.43. The maximum atomic E-state index is 15.6. The number of nitrogens with zero attached hydrogens (tertiary/aromatic N) is 1. The van der Waals surface area contributed by atoms with E-state index in [0.717, 1.165) is 19.1 Å². The zero-order valence-electron chi connectivity index (χ0n) is 19.8. The number of sulfonamides is 1. The molecule has 2 atom stereocenters. The van der Waals surface area contributed by atoms with Crippen molar-refractivity contribution in [2.45, 2.75) is 57.7 Å². The first-order valence-corrected chi connectivity index (χ1v) is 13.2. The first kappa shape index (κ1) is 24.6. The van der Waals surface area contributed by atoms with Gasteiger partial charge in [0.25, 0.3) is 0 Å². The van der Waals surface area contributed by atoms with Crippen molar-refractivity contribution in [3.8, 4) is 11.1 Å². The van der Waals surface area contributed by atoms with E-state index in [2.05, 4.69) is 4.72 Å². The van der Waals surface area contributed by atoms with Gasteiger partial charge in [-0.1, -0.05) is 30.3 Å². The van der Waals surface area contributed by atoms with Gasteiger partial charge in [0.05, 0.1) is 12.3 Å². The molecule has 2 aromatic rings. The molecule has 1 aliphatic carbocycles. The highest BCUT2D eigenvalue weighted by Gasteiger charge is 2.61. The summed E-state index contributed by atoms with van der Waals surface area (Å²) in [5.41, 5.74) is -0.157. The van der Waals surface area contributed by atoms with Crippen LogP contribution in [0.15, 0.2) is 42.5 Å². The van der Waals surface area contributed by atoms with Crippen molar-refractivity contribution in [3.05, 3.63) is 59.7 Å². The largest absolute Gasteiger partial charge is 0.444 e. The van der Waals surface area contributed by atoms with Gasteiger partial charge in [-0.15, -0.1) is 0 Å². The Morgan fingerprint density at radius 1 is 1.18 bits per heavy atom. The van der Waals surface area contributed by atoms with E-state index in [1.54, 1.807) is 45.0 Å². The van der Waals surface area contributed by atoms with Crippen LogP contribution in [0, 0.1) is 17.0 Å². The summed E-state index contributed by atoms with van der Waals surface area (Å²) in [6.07, 6.45) is 2.15. The number of benzene rings is 2. The number of ether oxygens (including phenoxy) is 1. The second-order valence-electron chi connectivity index (χ2n) is 10.4. The molecule has 1 N–H and O–H groups in total. The molecule has 4 rings (SSSR count). The van der Waals surface area contributed by atoms with Crippen LogP contribution in [0.3, 0.4) is 0 Å². The first-order valence-electron chi connectivity index (χ1n) is 11.3. The highest BCUT2D eigenvalue weighted by Crippen LogP contribution is 2.55. The fraction of sp³-hybridized carbons (Fsp3) is 0.480. The summed E-state index contributed by atoms with van der Waals surface area (Å²) in [5.74, 6) is -0.991. The van der Waals surface area contributed by atoms with Crippen LogP contribution in [-0.2, 0) is 21.2 Å². The summed E-state index contributed by atoms with van der Waals surface area (Å²) in [7, 11) is -3.58. The molecular formula is C25H30F2N2O4S. The van der Waals surface area contributed by atoms with Gasteiger partial charge in [0, 0.05) is 23.6 Å². The molecule has 2 unspecified atom stereocenters. The number of hydrogen-bond acceptors (Lipinski definition) is 4. The molecule has 1 aliphatic heterocycles. The SMILES string of the molecule is CC(C)(C)OC(=O)N1CC2(CC2)C(NS(C)(=O)=O)C1Cc1cccc(-c2cccc(F)c2)c1F. The molecule has 2 aromatic carbocycles. The third-order valence-corrected chi connectivity index (χ3v) is 7.12. The number of hydrogen-bond donors (Lipinski definition) is 1. The van der Waals surface area contributed by atoms with Crippen LogP contribution in [0.1, 0.15) is 39.2 Å². The van der Waals surface area contributed by atoms with Gasteiger partial charge in [-0.05, 0) is 63.3 Å². The zero-order chi connectivity index (χ0) is 24.9. The Kier molecular flexibility index (Phi) is 6.23. The van der Waals surface area contributed by atoms with Gasteiger partial charge in [-0.25, -0.2) is 26.7 Å². The normalized spacial score (nSPS) is 21.6. The van der Waals surface area contributed by atoms with Crippen LogP contribution in [0.5, 0.6) is 0 Å². The number of amides is 1. The van der Waals surface area contributed by atoms with Crippen molar-refractivity contribution in [1.29, 1.82) is 0 Å². The van der Waals surface area contributed by atoms with E-state index in [4.69, 9.17) is 4.74 Å². The summed E-state index contributed by atoms with van der Waals surface area (Å²) < 4.78 is 62.1. The van der Waals surface area contributed by atoms with Crippen LogP contribution in [0.2, 0.25) is 0 Å².